The lowest BCUT2D eigenvalue weighted by atomic mass is 10.2. The summed E-state index contributed by atoms with van der Waals surface area (Å²) >= 11 is 0. The van der Waals surface area contributed by atoms with Gasteiger partial charge in [-0.25, -0.2) is 0 Å². The summed E-state index contributed by atoms with van der Waals surface area (Å²) in [5.41, 5.74) is 0.997. The van der Waals surface area contributed by atoms with E-state index in [1.807, 2.05) is 18.2 Å². The zero-order chi connectivity index (χ0) is 11.1. The quantitative estimate of drug-likeness (QED) is 0.525. The molecule has 15 heavy (non-hydrogen) atoms. The Kier molecular flexibility index (Phi) is 4.47. The van der Waals surface area contributed by atoms with E-state index < -0.39 is 0 Å². The first-order valence-electron chi connectivity index (χ1n) is 4.57. The molecule has 0 bridgehead atoms. The largest absolute Gasteiger partial charge is 0.497 e. The van der Waals surface area contributed by atoms with Gasteiger partial charge in [-0.3, -0.25) is 0 Å². The maximum Gasteiger partial charge on any atom is 0.122 e. The van der Waals surface area contributed by atoms with Crippen LogP contribution in [-0.2, 0) is 14.3 Å². The molecule has 0 amide bonds. The van der Waals surface area contributed by atoms with Crippen molar-refractivity contribution in [3.05, 3.63) is 35.3 Å². The van der Waals surface area contributed by atoms with Crippen LogP contribution in [0.25, 0.3) is 0 Å². The van der Waals surface area contributed by atoms with Crippen LogP contribution in [0.1, 0.15) is 6.42 Å². The third kappa shape index (κ3) is 3.50. The molecular weight excluding hydrogens is 194 g/mol. The zero-order valence-corrected chi connectivity index (χ0v) is 9.19. The van der Waals surface area contributed by atoms with Crippen LogP contribution < -0.4 is 0 Å². The summed E-state index contributed by atoms with van der Waals surface area (Å²) in [6, 6.07) is 0. The van der Waals surface area contributed by atoms with Gasteiger partial charge in [-0.1, -0.05) is 5.16 Å². The minimum Gasteiger partial charge on any atom is -0.497 e. The molecule has 0 N–H and O–H groups in total. The fourth-order valence-electron chi connectivity index (χ4n) is 1.17. The van der Waals surface area contributed by atoms with E-state index in [1.54, 1.807) is 20.4 Å². The molecule has 0 aromatic heterocycles. The number of oxime groups is 1. The van der Waals surface area contributed by atoms with E-state index >= 15 is 0 Å². The molecule has 1 aliphatic carbocycles. The summed E-state index contributed by atoms with van der Waals surface area (Å²) in [5, 5.41) is 3.71. The lowest BCUT2D eigenvalue weighted by molar-refractivity contribution is 0.215. The lowest BCUT2D eigenvalue weighted by Gasteiger charge is -2.01. The molecule has 0 radical (unpaired) electrons. The topological polar surface area (TPSA) is 40.0 Å². The van der Waals surface area contributed by atoms with Crippen molar-refractivity contribution in [2.75, 3.05) is 21.3 Å². The zero-order valence-electron chi connectivity index (χ0n) is 9.19. The van der Waals surface area contributed by atoms with Crippen molar-refractivity contribution in [1.29, 1.82) is 0 Å². The smallest absolute Gasteiger partial charge is 0.122 e. The van der Waals surface area contributed by atoms with E-state index in [2.05, 4.69) is 9.99 Å². The van der Waals surface area contributed by atoms with Gasteiger partial charge >= 0.3 is 0 Å². The van der Waals surface area contributed by atoms with E-state index in [4.69, 9.17) is 9.47 Å². The Morgan fingerprint density at radius 2 is 1.87 bits per heavy atom. The van der Waals surface area contributed by atoms with Crippen molar-refractivity contribution in [2.24, 2.45) is 5.16 Å². The van der Waals surface area contributed by atoms with Crippen LogP contribution in [0.3, 0.4) is 0 Å². The summed E-state index contributed by atoms with van der Waals surface area (Å²) in [6.07, 6.45) is 8.07. The van der Waals surface area contributed by atoms with Crippen molar-refractivity contribution in [2.45, 2.75) is 6.42 Å². The van der Waals surface area contributed by atoms with Gasteiger partial charge < -0.3 is 14.3 Å². The van der Waals surface area contributed by atoms with Crippen LogP contribution in [0.5, 0.6) is 0 Å². The Bertz CT molecular complexity index is 327. The number of methoxy groups -OCH3 is 2. The van der Waals surface area contributed by atoms with Crippen molar-refractivity contribution in [3.63, 3.8) is 0 Å². The average molecular weight is 209 g/mol. The number of rotatable bonds is 4. The SMILES string of the molecule is CO/N=C/C1=CC(OC)=CC(OC)=CC1. The molecule has 0 saturated carbocycles. The van der Waals surface area contributed by atoms with Gasteiger partial charge in [0.05, 0.1) is 20.4 Å². The minimum atomic E-state index is 0.734. The normalized spacial score (nSPS) is 16.3. The lowest BCUT2D eigenvalue weighted by Crippen LogP contribution is -1.87. The maximum atomic E-state index is 5.17. The van der Waals surface area contributed by atoms with E-state index in [0.717, 1.165) is 23.5 Å². The van der Waals surface area contributed by atoms with Crippen molar-refractivity contribution in [3.8, 4) is 0 Å². The van der Waals surface area contributed by atoms with Crippen LogP contribution >= 0.6 is 0 Å². The van der Waals surface area contributed by atoms with E-state index in [1.165, 1.54) is 7.11 Å². The van der Waals surface area contributed by atoms with Gasteiger partial charge in [0, 0.05) is 6.08 Å². The number of allylic oxidation sites excluding steroid dienone is 4. The van der Waals surface area contributed by atoms with Gasteiger partial charge in [-0.05, 0) is 24.1 Å². The Morgan fingerprint density at radius 3 is 2.47 bits per heavy atom. The van der Waals surface area contributed by atoms with Gasteiger partial charge in [0.15, 0.2) is 0 Å². The molecule has 0 atom stereocenters. The van der Waals surface area contributed by atoms with Crippen LogP contribution in [-0.4, -0.2) is 27.5 Å². The molecule has 0 aromatic rings. The molecule has 0 heterocycles. The number of hydrogen-bond donors (Lipinski definition) is 0. The van der Waals surface area contributed by atoms with E-state index in [0.29, 0.717) is 0 Å². The summed E-state index contributed by atoms with van der Waals surface area (Å²) in [4.78, 5) is 4.62. The van der Waals surface area contributed by atoms with Crippen LogP contribution in [0.4, 0.5) is 0 Å². The third-order valence-corrected chi connectivity index (χ3v) is 1.95. The van der Waals surface area contributed by atoms with E-state index in [9.17, 15) is 0 Å². The molecule has 82 valence electrons. The molecule has 4 heteroatoms. The highest BCUT2D eigenvalue weighted by Crippen LogP contribution is 2.16. The number of nitrogens with zero attached hydrogens (tertiary/aromatic N) is 1. The average Bonchev–Trinajstić information content (AvgIpc) is 2.48. The summed E-state index contributed by atoms with van der Waals surface area (Å²) in [5.74, 6) is 1.52. The van der Waals surface area contributed by atoms with Crippen molar-refractivity contribution < 1.29 is 14.3 Å². The van der Waals surface area contributed by atoms with Gasteiger partial charge in [0.2, 0.25) is 0 Å². The maximum absolute atomic E-state index is 5.17. The molecule has 0 aliphatic heterocycles. The first kappa shape index (κ1) is 11.4. The highest BCUT2D eigenvalue weighted by atomic mass is 16.6. The third-order valence-electron chi connectivity index (χ3n) is 1.95. The molecule has 0 unspecified atom stereocenters. The molecule has 1 aliphatic rings. The second kappa shape index (κ2) is 5.90. The first-order valence-corrected chi connectivity index (χ1v) is 4.57. The summed E-state index contributed by atoms with van der Waals surface area (Å²) < 4.78 is 10.3. The fourth-order valence-corrected chi connectivity index (χ4v) is 1.17. The van der Waals surface area contributed by atoms with Gasteiger partial charge in [0.25, 0.3) is 0 Å². The molecular formula is C11H15NO3. The predicted octanol–water partition coefficient (Wildman–Crippen LogP) is 2.01. The molecule has 0 spiro atoms. The van der Waals surface area contributed by atoms with Gasteiger partial charge in [-0.2, -0.15) is 0 Å². The monoisotopic (exact) mass is 209 g/mol. The Hall–Kier alpha value is -1.71. The minimum absolute atomic E-state index is 0.734. The van der Waals surface area contributed by atoms with Gasteiger partial charge in [0.1, 0.15) is 18.6 Å². The van der Waals surface area contributed by atoms with Crippen molar-refractivity contribution in [1.82, 2.24) is 0 Å². The molecule has 0 aromatic carbocycles. The number of hydrogen-bond acceptors (Lipinski definition) is 4. The Balaban J connectivity index is 2.86. The molecule has 0 fully saturated rings. The highest BCUT2D eigenvalue weighted by molar-refractivity contribution is 5.79. The predicted molar refractivity (Wildman–Crippen MR) is 58.4 cm³/mol. The standard InChI is InChI=1S/C11H15NO3/c1-13-10-5-4-9(8-12-15-3)6-11(7-10)14-2/h5-8H,4H2,1-3H3/b12-8+. The molecule has 4 nitrogen and oxygen atoms in total. The first-order chi connectivity index (χ1) is 7.30. The second-order valence-corrected chi connectivity index (χ2v) is 2.90. The van der Waals surface area contributed by atoms with E-state index in [-0.39, 0.29) is 0 Å². The van der Waals surface area contributed by atoms with Crippen LogP contribution in [0.15, 0.2) is 40.5 Å². The second-order valence-electron chi connectivity index (χ2n) is 2.90. The fraction of sp³-hybridized carbons (Fsp3) is 0.364. The number of ether oxygens (including phenoxy) is 2. The van der Waals surface area contributed by atoms with Gasteiger partial charge in [-0.15, -0.1) is 0 Å². The Morgan fingerprint density at radius 1 is 1.13 bits per heavy atom. The van der Waals surface area contributed by atoms with Crippen LogP contribution in [0.2, 0.25) is 0 Å². The summed E-state index contributed by atoms with van der Waals surface area (Å²) in [6.45, 7) is 0. The van der Waals surface area contributed by atoms with Crippen molar-refractivity contribution >= 4 is 6.21 Å². The van der Waals surface area contributed by atoms with Crippen LogP contribution in [0, 0.1) is 0 Å². The Labute approximate surface area is 89.5 Å². The molecule has 0 saturated heterocycles. The highest BCUT2D eigenvalue weighted by Gasteiger charge is 2.04. The summed E-state index contributed by atoms with van der Waals surface area (Å²) in [7, 11) is 4.76. The molecule has 1 rings (SSSR count).